The molecule has 0 N–H and O–H groups in total. The first-order chi connectivity index (χ1) is 26.6. The van der Waals surface area contributed by atoms with Crippen LogP contribution in [0.3, 0.4) is 0 Å². The lowest BCUT2D eigenvalue weighted by molar-refractivity contribution is 0.0278. The number of hydrogen-bond donors (Lipinski definition) is 0. The number of nitrogens with zero attached hydrogens (tertiary/aromatic N) is 5. The average Bonchev–Trinajstić information content (AvgIpc) is 3.65. The summed E-state index contributed by atoms with van der Waals surface area (Å²) in [6.07, 6.45) is 3.61. The van der Waals surface area contributed by atoms with Crippen molar-refractivity contribution in [3.63, 3.8) is 0 Å². The molecule has 4 aromatic carbocycles. The van der Waals surface area contributed by atoms with Gasteiger partial charge in [0.1, 0.15) is 29.2 Å². The summed E-state index contributed by atoms with van der Waals surface area (Å²) in [5, 5.41) is 5.47. The number of hydrogen-bond acceptors (Lipinski definition) is 6. The van der Waals surface area contributed by atoms with Gasteiger partial charge in [0.05, 0.1) is 17.9 Å². The van der Waals surface area contributed by atoms with E-state index in [1.807, 2.05) is 101 Å². The number of aryl methyl sites for hydroxylation is 1. The van der Waals surface area contributed by atoms with Gasteiger partial charge in [0.2, 0.25) is 0 Å². The van der Waals surface area contributed by atoms with Gasteiger partial charge in [-0.25, -0.2) is 4.79 Å². The number of pyridine rings is 2. The quantitative estimate of drug-likeness (QED) is 0.123. The predicted molar refractivity (Wildman–Crippen MR) is 218 cm³/mol. The van der Waals surface area contributed by atoms with E-state index < -0.39 is 11.1 Å². The number of carbonyl (C=O) groups excluding carboxylic acids is 1. The average molecular weight is 728 g/mol. The van der Waals surface area contributed by atoms with Crippen LogP contribution in [0.5, 0.6) is 5.75 Å². The Labute approximate surface area is 323 Å². The van der Waals surface area contributed by atoms with Gasteiger partial charge in [0.25, 0.3) is 0 Å². The molecule has 0 aliphatic heterocycles. The van der Waals surface area contributed by atoms with Crippen LogP contribution in [0, 0.1) is 6.92 Å². The number of rotatable bonds is 11. The molecule has 0 aliphatic rings. The van der Waals surface area contributed by atoms with Crippen molar-refractivity contribution < 1.29 is 14.3 Å². The molecule has 55 heavy (non-hydrogen) atoms. The maximum Gasteiger partial charge on any atom is 0.410 e. The fraction of sp³-hybridized carbons (Fsp3) is 0.191. The van der Waals surface area contributed by atoms with Crippen LogP contribution < -0.4 is 4.74 Å². The highest BCUT2D eigenvalue weighted by atomic mass is 16.6. The third kappa shape index (κ3) is 8.04. The Balaban J connectivity index is 1.28. The maximum atomic E-state index is 12.3. The van der Waals surface area contributed by atoms with Crippen molar-refractivity contribution in [3.8, 4) is 39.5 Å². The third-order valence-electron chi connectivity index (χ3n) is 9.39. The van der Waals surface area contributed by atoms with Crippen molar-refractivity contribution in [2.75, 3.05) is 20.2 Å². The number of ether oxygens (including phenoxy) is 2. The van der Waals surface area contributed by atoms with E-state index in [2.05, 4.69) is 89.7 Å². The lowest BCUT2D eigenvalue weighted by Crippen LogP contribution is -2.38. The largest absolute Gasteiger partial charge is 0.492 e. The first kappa shape index (κ1) is 36.8. The van der Waals surface area contributed by atoms with Gasteiger partial charge in [-0.05, 0) is 98.5 Å². The summed E-state index contributed by atoms with van der Waals surface area (Å²) in [6, 6.07) is 49.6. The second kappa shape index (κ2) is 15.8. The van der Waals surface area contributed by atoms with Gasteiger partial charge in [-0.2, -0.15) is 5.10 Å². The zero-order valence-corrected chi connectivity index (χ0v) is 31.9. The SMILES string of the molecule is Cc1cccc(-c2nn(C(c3ccccc3)(c3ccccc3)c3ccccc3)cc2-c2ccnc(-c3ccc(OCCN(C)C(=O)OC(C)(C)C)cc3)c2)n1. The van der Waals surface area contributed by atoms with Crippen molar-refractivity contribution in [1.29, 1.82) is 0 Å². The fourth-order valence-corrected chi connectivity index (χ4v) is 6.77. The van der Waals surface area contributed by atoms with Gasteiger partial charge in [0, 0.05) is 36.3 Å². The van der Waals surface area contributed by atoms with Crippen LogP contribution in [0.1, 0.15) is 43.2 Å². The molecule has 8 nitrogen and oxygen atoms in total. The Morgan fingerprint density at radius 1 is 0.709 bits per heavy atom. The standard InChI is InChI=1S/C47H45N5O3/c1-34-16-15-23-42(49-34)44-41(33-52(50-44)47(37-17-9-6-10-18-37,38-19-11-7-12-20-38)39-21-13-8-14-22-39)36-28-29-48-43(32-36)35-24-26-40(27-25-35)54-31-30-51(5)45(53)55-46(2,3)4/h6-29,32-33H,30-31H2,1-5H3. The van der Waals surface area contributed by atoms with Crippen molar-refractivity contribution in [3.05, 3.63) is 180 Å². The number of aromatic nitrogens is 4. The smallest absolute Gasteiger partial charge is 0.410 e. The molecule has 8 heteroatoms. The summed E-state index contributed by atoms with van der Waals surface area (Å²) in [6.45, 7) is 8.28. The van der Waals surface area contributed by atoms with E-state index in [0.29, 0.717) is 18.9 Å². The van der Waals surface area contributed by atoms with Crippen LogP contribution >= 0.6 is 0 Å². The van der Waals surface area contributed by atoms with E-state index in [9.17, 15) is 4.79 Å². The third-order valence-corrected chi connectivity index (χ3v) is 9.39. The minimum absolute atomic E-state index is 0.332. The van der Waals surface area contributed by atoms with Crippen molar-refractivity contribution in [2.24, 2.45) is 0 Å². The summed E-state index contributed by atoms with van der Waals surface area (Å²) < 4.78 is 13.5. The van der Waals surface area contributed by atoms with Crippen molar-refractivity contribution >= 4 is 6.09 Å². The Morgan fingerprint density at radius 2 is 1.31 bits per heavy atom. The van der Waals surface area contributed by atoms with Gasteiger partial charge in [-0.1, -0.05) is 97.1 Å². The molecule has 0 fully saturated rings. The minimum Gasteiger partial charge on any atom is -0.492 e. The highest BCUT2D eigenvalue weighted by Crippen LogP contribution is 2.43. The predicted octanol–water partition coefficient (Wildman–Crippen LogP) is 10.1. The second-order valence-corrected chi connectivity index (χ2v) is 14.5. The lowest BCUT2D eigenvalue weighted by Gasteiger charge is -2.36. The molecule has 1 amide bonds. The van der Waals surface area contributed by atoms with E-state index in [-0.39, 0.29) is 6.09 Å². The first-order valence-corrected chi connectivity index (χ1v) is 18.5. The Hall–Kier alpha value is -6.54. The Morgan fingerprint density at radius 3 is 1.87 bits per heavy atom. The molecule has 0 aliphatic carbocycles. The summed E-state index contributed by atoms with van der Waals surface area (Å²) >= 11 is 0. The van der Waals surface area contributed by atoms with Crippen LogP contribution in [0.2, 0.25) is 0 Å². The second-order valence-electron chi connectivity index (χ2n) is 14.5. The number of carbonyl (C=O) groups is 1. The lowest BCUT2D eigenvalue weighted by atomic mass is 9.77. The van der Waals surface area contributed by atoms with Gasteiger partial charge in [-0.15, -0.1) is 0 Å². The van der Waals surface area contributed by atoms with Crippen molar-refractivity contribution in [2.45, 2.75) is 38.8 Å². The van der Waals surface area contributed by atoms with E-state index in [1.54, 1.807) is 7.05 Å². The molecule has 0 saturated heterocycles. The summed E-state index contributed by atoms with van der Waals surface area (Å²) in [5.74, 6) is 0.700. The molecule has 0 radical (unpaired) electrons. The molecule has 276 valence electrons. The monoisotopic (exact) mass is 727 g/mol. The number of amides is 1. The molecule has 0 saturated carbocycles. The highest BCUT2D eigenvalue weighted by Gasteiger charge is 2.40. The molecular weight excluding hydrogens is 683 g/mol. The van der Waals surface area contributed by atoms with Gasteiger partial charge in [-0.3, -0.25) is 14.6 Å². The molecule has 7 aromatic rings. The molecule has 7 rings (SSSR count). The summed E-state index contributed by atoms with van der Waals surface area (Å²) in [7, 11) is 1.70. The molecular formula is C47H45N5O3. The first-order valence-electron chi connectivity index (χ1n) is 18.5. The summed E-state index contributed by atoms with van der Waals surface area (Å²) in [5.41, 5.74) is 8.01. The van der Waals surface area contributed by atoms with E-state index >= 15 is 0 Å². The van der Waals surface area contributed by atoms with Crippen LogP contribution in [-0.4, -0.2) is 56.5 Å². The van der Waals surface area contributed by atoms with Crippen LogP contribution in [-0.2, 0) is 10.3 Å². The Bertz CT molecular complexity index is 2260. The van der Waals surface area contributed by atoms with Gasteiger partial charge in [0.15, 0.2) is 0 Å². The van der Waals surface area contributed by atoms with E-state index in [4.69, 9.17) is 24.5 Å². The zero-order valence-electron chi connectivity index (χ0n) is 31.9. The molecule has 0 unspecified atom stereocenters. The van der Waals surface area contributed by atoms with E-state index in [1.165, 1.54) is 4.90 Å². The molecule has 3 aromatic heterocycles. The number of likely N-dealkylation sites (N-methyl/N-ethyl adjacent to an activating group) is 1. The topological polar surface area (TPSA) is 82.4 Å². The minimum atomic E-state index is -0.798. The normalized spacial score (nSPS) is 11.6. The molecule has 0 spiro atoms. The van der Waals surface area contributed by atoms with Crippen LogP contribution in [0.25, 0.3) is 33.8 Å². The molecule has 0 atom stereocenters. The van der Waals surface area contributed by atoms with Crippen LogP contribution in [0.4, 0.5) is 4.79 Å². The van der Waals surface area contributed by atoms with Crippen LogP contribution in [0.15, 0.2) is 158 Å². The maximum absolute atomic E-state index is 12.3. The summed E-state index contributed by atoms with van der Waals surface area (Å²) in [4.78, 5) is 23.6. The highest BCUT2D eigenvalue weighted by molar-refractivity contribution is 5.81. The van der Waals surface area contributed by atoms with Crippen molar-refractivity contribution in [1.82, 2.24) is 24.6 Å². The van der Waals surface area contributed by atoms with E-state index in [0.717, 1.165) is 56.2 Å². The van der Waals surface area contributed by atoms with Gasteiger partial charge < -0.3 is 14.4 Å². The molecule has 0 bridgehead atoms. The van der Waals surface area contributed by atoms with Gasteiger partial charge >= 0.3 is 6.09 Å². The number of benzene rings is 4. The Kier molecular flexibility index (Phi) is 10.6. The zero-order chi connectivity index (χ0) is 38.4. The molecule has 3 heterocycles. The fourth-order valence-electron chi connectivity index (χ4n) is 6.77.